The van der Waals surface area contributed by atoms with Gasteiger partial charge in [-0.25, -0.2) is 0 Å². The van der Waals surface area contributed by atoms with E-state index in [2.05, 4.69) is 15.9 Å². The second-order valence-corrected chi connectivity index (χ2v) is 4.33. The summed E-state index contributed by atoms with van der Waals surface area (Å²) >= 11 is 16.7. The molecule has 0 aliphatic heterocycles. The van der Waals surface area contributed by atoms with Crippen molar-refractivity contribution >= 4 is 50.9 Å². The van der Waals surface area contributed by atoms with Crippen molar-refractivity contribution < 1.29 is 0 Å². The van der Waals surface area contributed by atoms with Crippen LogP contribution in [0.25, 0.3) is 0 Å². The van der Waals surface area contributed by atoms with Gasteiger partial charge in [-0.15, -0.1) is 11.8 Å². The maximum absolute atomic E-state index is 5.92. The predicted molar refractivity (Wildman–Crippen MR) is 55.9 cm³/mol. The number of rotatable bonds is 1. The summed E-state index contributed by atoms with van der Waals surface area (Å²) in [5.74, 6) is 0. The summed E-state index contributed by atoms with van der Waals surface area (Å²) < 4.78 is 0.986. The first-order chi connectivity index (χ1) is 5.16. The molecule has 0 aliphatic rings. The molecule has 0 saturated heterocycles. The number of hydrogen-bond acceptors (Lipinski definition) is 1. The predicted octanol–water partition coefficient (Wildman–Crippen LogP) is 4.48. The van der Waals surface area contributed by atoms with Gasteiger partial charge in [0.05, 0.1) is 10.0 Å². The molecule has 0 N–H and O–H groups in total. The quantitative estimate of drug-likeness (QED) is 0.536. The van der Waals surface area contributed by atoms with Gasteiger partial charge in [-0.05, 0) is 34.3 Å². The first-order valence-electron chi connectivity index (χ1n) is 2.84. The zero-order valence-electron chi connectivity index (χ0n) is 5.70. The summed E-state index contributed by atoms with van der Waals surface area (Å²) in [6.07, 6.45) is 1.96. The largest absolute Gasteiger partial charge is 0.127 e. The minimum absolute atomic E-state index is 0.596. The Morgan fingerprint density at radius 3 is 2.45 bits per heavy atom. The third-order valence-electron chi connectivity index (χ3n) is 1.21. The number of hydrogen-bond donors (Lipinski definition) is 0. The standard InChI is InChI=1S/C7H5BrCl2S/c1-11-7-4(8)2-3-5(9)6(7)10/h2-3H,1H3. The molecule has 4 heteroatoms. The molecule has 0 atom stereocenters. The van der Waals surface area contributed by atoms with Crippen LogP contribution < -0.4 is 0 Å². The topological polar surface area (TPSA) is 0 Å². The molecule has 60 valence electrons. The molecular weight excluding hydrogens is 267 g/mol. The van der Waals surface area contributed by atoms with E-state index >= 15 is 0 Å². The van der Waals surface area contributed by atoms with Crippen molar-refractivity contribution in [2.45, 2.75) is 4.90 Å². The van der Waals surface area contributed by atoms with E-state index in [9.17, 15) is 0 Å². The van der Waals surface area contributed by atoms with Crippen molar-refractivity contribution in [3.8, 4) is 0 Å². The Labute approximate surface area is 88.4 Å². The average Bonchev–Trinajstić information content (AvgIpc) is 1.99. The van der Waals surface area contributed by atoms with Crippen molar-refractivity contribution in [2.24, 2.45) is 0 Å². The Kier molecular flexibility index (Phi) is 3.56. The van der Waals surface area contributed by atoms with Crippen molar-refractivity contribution in [2.75, 3.05) is 6.26 Å². The Morgan fingerprint density at radius 1 is 1.36 bits per heavy atom. The normalized spacial score (nSPS) is 10.2. The van der Waals surface area contributed by atoms with Gasteiger partial charge in [0, 0.05) is 9.37 Å². The Morgan fingerprint density at radius 2 is 2.00 bits per heavy atom. The highest BCUT2D eigenvalue weighted by molar-refractivity contribution is 9.10. The molecule has 0 spiro atoms. The van der Waals surface area contributed by atoms with Crippen molar-refractivity contribution in [3.63, 3.8) is 0 Å². The Hall–Kier alpha value is 0.630. The summed E-state index contributed by atoms with van der Waals surface area (Å²) in [5, 5.41) is 1.22. The third-order valence-corrected chi connectivity index (χ3v) is 3.88. The summed E-state index contributed by atoms with van der Waals surface area (Å²) in [4.78, 5) is 0.985. The first-order valence-corrected chi connectivity index (χ1v) is 5.61. The zero-order valence-corrected chi connectivity index (χ0v) is 9.61. The van der Waals surface area contributed by atoms with Crippen LogP contribution in [0, 0.1) is 0 Å². The van der Waals surface area contributed by atoms with Crippen LogP contribution in [0.2, 0.25) is 10.0 Å². The summed E-state index contributed by atoms with van der Waals surface area (Å²) in [6.45, 7) is 0. The van der Waals surface area contributed by atoms with E-state index in [4.69, 9.17) is 23.2 Å². The monoisotopic (exact) mass is 270 g/mol. The summed E-state index contributed by atoms with van der Waals surface area (Å²) in [7, 11) is 0. The van der Waals surface area contributed by atoms with Gasteiger partial charge < -0.3 is 0 Å². The van der Waals surface area contributed by atoms with Crippen LogP contribution in [-0.2, 0) is 0 Å². The van der Waals surface area contributed by atoms with Gasteiger partial charge in [-0.3, -0.25) is 0 Å². The molecular formula is C7H5BrCl2S. The van der Waals surface area contributed by atoms with Crippen LogP contribution in [-0.4, -0.2) is 6.26 Å². The van der Waals surface area contributed by atoms with Crippen LogP contribution in [0.5, 0.6) is 0 Å². The van der Waals surface area contributed by atoms with Gasteiger partial charge in [0.15, 0.2) is 0 Å². The number of thioether (sulfide) groups is 1. The fourth-order valence-electron chi connectivity index (χ4n) is 0.696. The van der Waals surface area contributed by atoms with Gasteiger partial charge in [-0.1, -0.05) is 23.2 Å². The fraction of sp³-hybridized carbons (Fsp3) is 0.143. The Balaban J connectivity index is 3.29. The van der Waals surface area contributed by atoms with Crippen LogP contribution in [0.15, 0.2) is 21.5 Å². The molecule has 0 aliphatic carbocycles. The second-order valence-electron chi connectivity index (χ2n) is 1.88. The maximum Gasteiger partial charge on any atom is 0.0739 e. The molecule has 1 aromatic carbocycles. The lowest BCUT2D eigenvalue weighted by Gasteiger charge is -2.04. The van der Waals surface area contributed by atoms with E-state index in [1.54, 1.807) is 17.8 Å². The highest BCUT2D eigenvalue weighted by Crippen LogP contribution is 2.37. The van der Waals surface area contributed by atoms with E-state index in [0.717, 1.165) is 9.37 Å². The Bertz CT molecular complexity index is 275. The molecule has 0 amide bonds. The minimum atomic E-state index is 0.596. The second kappa shape index (κ2) is 4.04. The maximum atomic E-state index is 5.92. The molecule has 0 radical (unpaired) electrons. The summed E-state index contributed by atoms with van der Waals surface area (Å²) in [5.41, 5.74) is 0. The van der Waals surface area contributed by atoms with E-state index < -0.39 is 0 Å². The number of benzene rings is 1. The minimum Gasteiger partial charge on any atom is -0.127 e. The van der Waals surface area contributed by atoms with Crippen LogP contribution in [0.1, 0.15) is 0 Å². The SMILES string of the molecule is CSc1c(Br)ccc(Cl)c1Cl. The van der Waals surface area contributed by atoms with Gasteiger partial charge in [0.1, 0.15) is 0 Å². The molecule has 11 heavy (non-hydrogen) atoms. The van der Waals surface area contributed by atoms with Crippen LogP contribution >= 0.6 is 50.9 Å². The van der Waals surface area contributed by atoms with Crippen LogP contribution in [0.4, 0.5) is 0 Å². The summed E-state index contributed by atoms with van der Waals surface area (Å²) in [6, 6.07) is 3.66. The fourth-order valence-corrected chi connectivity index (χ4v) is 2.79. The van der Waals surface area contributed by atoms with Crippen molar-refractivity contribution in [1.82, 2.24) is 0 Å². The first kappa shape index (κ1) is 9.72. The highest BCUT2D eigenvalue weighted by atomic mass is 79.9. The molecule has 0 unspecified atom stereocenters. The highest BCUT2D eigenvalue weighted by Gasteiger charge is 2.06. The van der Waals surface area contributed by atoms with Crippen molar-refractivity contribution in [3.05, 3.63) is 26.7 Å². The lowest BCUT2D eigenvalue weighted by atomic mass is 10.4. The molecule has 0 heterocycles. The number of halogens is 3. The van der Waals surface area contributed by atoms with E-state index in [1.807, 2.05) is 12.3 Å². The van der Waals surface area contributed by atoms with Crippen molar-refractivity contribution in [1.29, 1.82) is 0 Å². The molecule has 1 rings (SSSR count). The van der Waals surface area contributed by atoms with Crippen LogP contribution in [0.3, 0.4) is 0 Å². The molecule has 0 saturated carbocycles. The van der Waals surface area contributed by atoms with E-state index in [-0.39, 0.29) is 0 Å². The van der Waals surface area contributed by atoms with Gasteiger partial charge in [-0.2, -0.15) is 0 Å². The molecule has 0 nitrogen and oxygen atoms in total. The van der Waals surface area contributed by atoms with Gasteiger partial charge in [0.2, 0.25) is 0 Å². The van der Waals surface area contributed by atoms with Gasteiger partial charge >= 0.3 is 0 Å². The zero-order chi connectivity index (χ0) is 8.43. The molecule has 1 aromatic rings. The van der Waals surface area contributed by atoms with Gasteiger partial charge in [0.25, 0.3) is 0 Å². The lowest BCUT2D eigenvalue weighted by Crippen LogP contribution is -1.76. The third kappa shape index (κ3) is 2.05. The molecule has 0 fully saturated rings. The average molecular weight is 272 g/mol. The smallest absolute Gasteiger partial charge is 0.0739 e. The van der Waals surface area contributed by atoms with E-state index in [0.29, 0.717) is 10.0 Å². The molecule has 0 aromatic heterocycles. The lowest BCUT2D eigenvalue weighted by molar-refractivity contribution is 1.41. The molecule has 0 bridgehead atoms. The van der Waals surface area contributed by atoms with E-state index in [1.165, 1.54) is 0 Å².